The van der Waals surface area contributed by atoms with E-state index in [1.165, 1.54) is 0 Å². The highest BCUT2D eigenvalue weighted by Crippen LogP contribution is 2.21. The smallest absolute Gasteiger partial charge is 0.0576 e. The Morgan fingerprint density at radius 2 is 1.00 bits per heavy atom. The molecule has 2 rings (SSSR count). The van der Waals surface area contributed by atoms with Crippen molar-refractivity contribution in [1.82, 2.24) is 0 Å². The lowest BCUT2D eigenvalue weighted by molar-refractivity contribution is -0.0113. The average Bonchev–Trinajstić information content (AvgIpc) is 2.43. The van der Waals surface area contributed by atoms with Crippen molar-refractivity contribution in [2.24, 2.45) is 11.5 Å². The van der Waals surface area contributed by atoms with Crippen LogP contribution in [-0.2, 0) is 9.47 Å². The van der Waals surface area contributed by atoms with Crippen molar-refractivity contribution in [2.75, 3.05) is 13.2 Å². The van der Waals surface area contributed by atoms with Crippen molar-refractivity contribution in [3.05, 3.63) is 0 Å². The molecule has 0 bridgehead atoms. The molecule has 0 atom stereocenters. The van der Waals surface area contributed by atoms with Crippen molar-refractivity contribution in [2.45, 2.75) is 82.1 Å². The first kappa shape index (κ1) is 15.2. The maximum absolute atomic E-state index is 5.88. The average molecular weight is 270 g/mol. The van der Waals surface area contributed by atoms with Gasteiger partial charge in [0.1, 0.15) is 0 Å². The third-order valence-corrected chi connectivity index (χ3v) is 4.43. The minimum absolute atomic E-state index is 0.404. The zero-order valence-electron chi connectivity index (χ0n) is 12.1. The number of hydrogen-bond donors (Lipinski definition) is 2. The highest BCUT2D eigenvalue weighted by atomic mass is 16.5. The number of rotatable bonds is 6. The van der Waals surface area contributed by atoms with Gasteiger partial charge in [-0.15, -0.1) is 0 Å². The lowest BCUT2D eigenvalue weighted by atomic mass is 9.94. The first-order valence-corrected chi connectivity index (χ1v) is 7.98. The minimum atomic E-state index is 0.404. The van der Waals surface area contributed by atoms with E-state index in [-0.39, 0.29) is 0 Å². The largest absolute Gasteiger partial charge is 0.378 e. The first-order chi connectivity index (χ1) is 9.24. The van der Waals surface area contributed by atoms with Crippen LogP contribution in [0.5, 0.6) is 0 Å². The SMILES string of the molecule is NC1CCC(OCCCOC2CCC(N)CC2)CC1. The maximum Gasteiger partial charge on any atom is 0.0576 e. The first-order valence-electron chi connectivity index (χ1n) is 7.98. The Bertz CT molecular complexity index is 210. The molecule has 0 aliphatic heterocycles. The number of ether oxygens (including phenoxy) is 2. The van der Waals surface area contributed by atoms with Crippen molar-refractivity contribution in [1.29, 1.82) is 0 Å². The van der Waals surface area contributed by atoms with Crippen molar-refractivity contribution in [3.8, 4) is 0 Å². The fourth-order valence-electron chi connectivity index (χ4n) is 3.07. The van der Waals surface area contributed by atoms with Gasteiger partial charge in [-0.3, -0.25) is 0 Å². The third-order valence-electron chi connectivity index (χ3n) is 4.43. The molecule has 0 saturated heterocycles. The molecular weight excluding hydrogens is 240 g/mol. The van der Waals surface area contributed by atoms with E-state index in [4.69, 9.17) is 20.9 Å². The lowest BCUT2D eigenvalue weighted by Crippen LogP contribution is -2.31. The standard InChI is InChI=1S/C15H30N2O2/c16-12-2-6-14(7-3-12)18-10-1-11-19-15-8-4-13(17)5-9-15/h12-15H,1-11,16-17H2. The molecule has 0 aromatic carbocycles. The van der Waals surface area contributed by atoms with Gasteiger partial charge in [-0.05, 0) is 57.8 Å². The van der Waals surface area contributed by atoms with Crippen LogP contribution in [0.2, 0.25) is 0 Å². The van der Waals surface area contributed by atoms with Crippen LogP contribution in [0.15, 0.2) is 0 Å². The van der Waals surface area contributed by atoms with Crippen LogP contribution in [0.25, 0.3) is 0 Å². The summed E-state index contributed by atoms with van der Waals surface area (Å²) in [7, 11) is 0. The minimum Gasteiger partial charge on any atom is -0.378 e. The van der Waals surface area contributed by atoms with E-state index in [1.54, 1.807) is 0 Å². The Labute approximate surface area is 117 Å². The Hall–Kier alpha value is -0.160. The summed E-state index contributed by atoms with van der Waals surface area (Å²) in [5, 5.41) is 0. The van der Waals surface area contributed by atoms with Crippen LogP contribution in [0.4, 0.5) is 0 Å². The molecule has 2 saturated carbocycles. The van der Waals surface area contributed by atoms with Crippen molar-refractivity contribution in [3.63, 3.8) is 0 Å². The molecule has 2 aliphatic carbocycles. The van der Waals surface area contributed by atoms with Crippen LogP contribution < -0.4 is 11.5 Å². The molecule has 0 heterocycles. The summed E-state index contributed by atoms with van der Waals surface area (Å²) in [6.45, 7) is 1.65. The van der Waals surface area contributed by atoms with E-state index in [1.807, 2.05) is 0 Å². The van der Waals surface area contributed by atoms with Crippen molar-refractivity contribution >= 4 is 0 Å². The summed E-state index contributed by atoms with van der Waals surface area (Å²) < 4.78 is 11.8. The molecule has 4 N–H and O–H groups in total. The molecule has 0 amide bonds. The fraction of sp³-hybridized carbons (Fsp3) is 1.00. The van der Waals surface area contributed by atoms with Crippen LogP contribution in [0.3, 0.4) is 0 Å². The van der Waals surface area contributed by atoms with Gasteiger partial charge in [-0.2, -0.15) is 0 Å². The molecule has 2 fully saturated rings. The normalized spacial score (nSPS) is 36.3. The van der Waals surface area contributed by atoms with Gasteiger partial charge in [-0.1, -0.05) is 0 Å². The van der Waals surface area contributed by atoms with Gasteiger partial charge in [0.15, 0.2) is 0 Å². The molecule has 0 aromatic rings. The highest BCUT2D eigenvalue weighted by Gasteiger charge is 2.20. The molecule has 0 spiro atoms. The molecule has 112 valence electrons. The van der Waals surface area contributed by atoms with Gasteiger partial charge >= 0.3 is 0 Å². The zero-order chi connectivity index (χ0) is 13.5. The fourth-order valence-corrected chi connectivity index (χ4v) is 3.07. The van der Waals surface area contributed by atoms with E-state index in [9.17, 15) is 0 Å². The second kappa shape index (κ2) is 8.20. The summed E-state index contributed by atoms with van der Waals surface area (Å²) >= 11 is 0. The second-order valence-electron chi connectivity index (χ2n) is 6.17. The Balaban J connectivity index is 1.44. The molecule has 0 aromatic heterocycles. The molecule has 0 unspecified atom stereocenters. The Morgan fingerprint density at radius 3 is 1.37 bits per heavy atom. The predicted octanol–water partition coefficient (Wildman–Crippen LogP) is 1.95. The van der Waals surface area contributed by atoms with Gasteiger partial charge in [0.05, 0.1) is 12.2 Å². The zero-order valence-corrected chi connectivity index (χ0v) is 12.1. The van der Waals surface area contributed by atoms with E-state index in [0.29, 0.717) is 24.3 Å². The van der Waals surface area contributed by atoms with E-state index >= 15 is 0 Å². The lowest BCUT2D eigenvalue weighted by Gasteiger charge is -2.27. The van der Waals surface area contributed by atoms with E-state index in [2.05, 4.69) is 0 Å². The van der Waals surface area contributed by atoms with E-state index < -0.39 is 0 Å². The van der Waals surface area contributed by atoms with Crippen LogP contribution in [-0.4, -0.2) is 37.5 Å². The summed E-state index contributed by atoms with van der Waals surface area (Å²) in [4.78, 5) is 0. The molecule has 2 aliphatic rings. The monoisotopic (exact) mass is 270 g/mol. The predicted molar refractivity (Wildman–Crippen MR) is 77.0 cm³/mol. The second-order valence-corrected chi connectivity index (χ2v) is 6.17. The van der Waals surface area contributed by atoms with Gasteiger partial charge in [0.2, 0.25) is 0 Å². The summed E-state index contributed by atoms with van der Waals surface area (Å²) in [5.74, 6) is 0. The molecule has 0 radical (unpaired) electrons. The molecule has 4 heteroatoms. The molecule has 19 heavy (non-hydrogen) atoms. The Morgan fingerprint density at radius 1 is 0.632 bits per heavy atom. The number of hydrogen-bond acceptors (Lipinski definition) is 4. The molecular formula is C15H30N2O2. The van der Waals surface area contributed by atoms with Crippen LogP contribution >= 0.6 is 0 Å². The van der Waals surface area contributed by atoms with Gasteiger partial charge in [0, 0.05) is 25.3 Å². The maximum atomic E-state index is 5.88. The topological polar surface area (TPSA) is 70.5 Å². The van der Waals surface area contributed by atoms with E-state index in [0.717, 1.165) is 71.0 Å². The van der Waals surface area contributed by atoms with Crippen LogP contribution in [0.1, 0.15) is 57.8 Å². The summed E-state index contributed by atoms with van der Waals surface area (Å²) in [5.41, 5.74) is 11.8. The Kier molecular flexibility index (Phi) is 6.57. The third kappa shape index (κ3) is 5.78. The van der Waals surface area contributed by atoms with Gasteiger partial charge in [0.25, 0.3) is 0 Å². The number of nitrogens with two attached hydrogens (primary N) is 2. The van der Waals surface area contributed by atoms with Crippen molar-refractivity contribution < 1.29 is 9.47 Å². The summed E-state index contributed by atoms with van der Waals surface area (Å²) in [6.07, 6.45) is 10.8. The quantitative estimate of drug-likeness (QED) is 0.724. The summed E-state index contributed by atoms with van der Waals surface area (Å²) in [6, 6.07) is 0.807. The van der Waals surface area contributed by atoms with Gasteiger partial charge in [-0.25, -0.2) is 0 Å². The van der Waals surface area contributed by atoms with Crippen LogP contribution in [0, 0.1) is 0 Å². The highest BCUT2D eigenvalue weighted by molar-refractivity contribution is 4.75. The van der Waals surface area contributed by atoms with Gasteiger partial charge < -0.3 is 20.9 Å². The molecule has 4 nitrogen and oxygen atoms in total.